The summed E-state index contributed by atoms with van der Waals surface area (Å²) in [5.74, 6) is 0. The van der Waals surface area contributed by atoms with E-state index in [-0.39, 0.29) is 44.0 Å². The third kappa shape index (κ3) is 80.1. The zero-order valence-corrected chi connectivity index (χ0v) is 18.3. The Hall–Kier alpha value is 0.223. The molecule has 9 heteroatoms. The predicted molar refractivity (Wildman–Crippen MR) is 91.2 cm³/mol. The van der Waals surface area contributed by atoms with Gasteiger partial charge in [0.1, 0.15) is 0 Å². The normalized spacial score (nSPS) is 8.64. The molecular formula is C16H36GeO8. The molecule has 0 unspecified atom stereocenters. The molecule has 0 aliphatic rings. The average molecular weight is 429 g/mol. The maximum absolute atomic E-state index is 9.56. The third-order valence-corrected chi connectivity index (χ3v) is 1.73. The molecule has 0 amide bonds. The standard InChI is InChI=1S/4C4H9O2.Ge/c4*1-2-6-4-3-5;/h4*2-4H2,1H3;/q4*-1;+4. The van der Waals surface area contributed by atoms with Gasteiger partial charge in [0, 0.05) is 52.9 Å². The molecule has 0 aliphatic heterocycles. The molecule has 0 fully saturated rings. The molecule has 25 heavy (non-hydrogen) atoms. The predicted octanol–water partition coefficient (Wildman–Crippen LogP) is -2.85. The maximum atomic E-state index is 9.56. The van der Waals surface area contributed by atoms with E-state index in [1.54, 1.807) is 0 Å². The largest absolute Gasteiger partial charge is 4.00 e. The number of hydrogen-bond acceptors (Lipinski definition) is 8. The van der Waals surface area contributed by atoms with E-state index in [4.69, 9.17) is 0 Å². The fourth-order valence-corrected chi connectivity index (χ4v) is 0.813. The molecule has 0 rings (SSSR count). The van der Waals surface area contributed by atoms with E-state index >= 15 is 0 Å². The fourth-order valence-electron chi connectivity index (χ4n) is 0.813. The topological polar surface area (TPSA) is 129 Å². The Balaban J connectivity index is -0.0000000702. The summed E-state index contributed by atoms with van der Waals surface area (Å²) in [5, 5.41) is 38.3. The molecule has 0 aromatic carbocycles. The van der Waals surface area contributed by atoms with Crippen molar-refractivity contribution in [1.29, 1.82) is 0 Å². The van der Waals surface area contributed by atoms with Crippen LogP contribution in [-0.2, 0) is 18.9 Å². The quantitative estimate of drug-likeness (QED) is 0.240. The van der Waals surface area contributed by atoms with Crippen LogP contribution in [0.15, 0.2) is 0 Å². The van der Waals surface area contributed by atoms with Crippen molar-refractivity contribution in [2.45, 2.75) is 27.7 Å². The zero-order valence-electron chi connectivity index (χ0n) is 16.3. The number of rotatable bonds is 12. The molecule has 0 saturated carbocycles. The van der Waals surface area contributed by atoms with E-state index in [0.29, 0.717) is 52.9 Å². The second-order valence-corrected chi connectivity index (χ2v) is 3.60. The van der Waals surface area contributed by atoms with Gasteiger partial charge in [0.15, 0.2) is 0 Å². The van der Waals surface area contributed by atoms with Crippen LogP contribution < -0.4 is 20.4 Å². The fraction of sp³-hybridized carbons (Fsp3) is 1.00. The second kappa shape index (κ2) is 49.6. The van der Waals surface area contributed by atoms with Crippen molar-refractivity contribution < 1.29 is 39.4 Å². The van der Waals surface area contributed by atoms with Crippen molar-refractivity contribution in [2.24, 2.45) is 0 Å². The minimum Gasteiger partial charge on any atom is -0.853 e. The molecule has 8 nitrogen and oxygen atoms in total. The van der Waals surface area contributed by atoms with Gasteiger partial charge in [-0.05, 0) is 27.7 Å². The summed E-state index contributed by atoms with van der Waals surface area (Å²) in [4.78, 5) is 0. The molecule has 0 radical (unpaired) electrons. The first-order chi connectivity index (χ1) is 11.7. The van der Waals surface area contributed by atoms with Crippen molar-refractivity contribution in [3.63, 3.8) is 0 Å². The van der Waals surface area contributed by atoms with E-state index in [2.05, 4.69) is 18.9 Å². The van der Waals surface area contributed by atoms with Crippen molar-refractivity contribution in [1.82, 2.24) is 0 Å². The van der Waals surface area contributed by atoms with Gasteiger partial charge in [0.05, 0.1) is 0 Å². The zero-order chi connectivity index (χ0) is 19.3. The van der Waals surface area contributed by atoms with Crippen LogP contribution in [0.3, 0.4) is 0 Å². The van der Waals surface area contributed by atoms with Gasteiger partial charge in [-0.3, -0.25) is 0 Å². The van der Waals surface area contributed by atoms with Crippen LogP contribution in [0.2, 0.25) is 0 Å². The molecule has 152 valence electrons. The Morgan fingerprint density at radius 3 is 0.640 bits per heavy atom. The summed E-state index contributed by atoms with van der Waals surface area (Å²) >= 11 is 0. The Morgan fingerprint density at radius 2 is 0.600 bits per heavy atom. The Morgan fingerprint density at radius 1 is 0.440 bits per heavy atom. The number of hydrogen-bond donors (Lipinski definition) is 0. The average Bonchev–Trinajstić information content (AvgIpc) is 2.62. The molecule has 0 N–H and O–H groups in total. The molecule has 0 aromatic rings. The van der Waals surface area contributed by atoms with E-state index in [1.807, 2.05) is 27.7 Å². The van der Waals surface area contributed by atoms with Gasteiger partial charge in [0.25, 0.3) is 0 Å². The van der Waals surface area contributed by atoms with Gasteiger partial charge < -0.3 is 39.4 Å². The summed E-state index contributed by atoms with van der Waals surface area (Å²) in [6.45, 7) is 11.1. The van der Waals surface area contributed by atoms with E-state index in [0.717, 1.165) is 0 Å². The van der Waals surface area contributed by atoms with Crippen LogP contribution in [-0.4, -0.2) is 96.9 Å². The van der Waals surface area contributed by atoms with Gasteiger partial charge in [0.2, 0.25) is 0 Å². The molecule has 0 heterocycles. The minimum absolute atomic E-state index is 0. The summed E-state index contributed by atoms with van der Waals surface area (Å²) < 4.78 is 18.7. The van der Waals surface area contributed by atoms with Crippen molar-refractivity contribution >= 4 is 17.6 Å². The van der Waals surface area contributed by atoms with E-state index in [9.17, 15) is 20.4 Å². The SMILES string of the molecule is CCOCC[O-].CCOCC[O-].CCOCC[O-].CCOCC[O-].[Ge+4]. The van der Waals surface area contributed by atoms with Crippen LogP contribution in [0.1, 0.15) is 27.7 Å². The van der Waals surface area contributed by atoms with Gasteiger partial charge in [-0.15, -0.1) is 26.4 Å². The summed E-state index contributed by atoms with van der Waals surface area (Å²) in [7, 11) is 0. The van der Waals surface area contributed by atoms with Crippen LogP contribution in [0.4, 0.5) is 0 Å². The molecular weight excluding hydrogens is 393 g/mol. The summed E-state index contributed by atoms with van der Waals surface area (Å²) in [5.41, 5.74) is 0. The van der Waals surface area contributed by atoms with Crippen LogP contribution in [0.5, 0.6) is 0 Å². The van der Waals surface area contributed by atoms with Crippen LogP contribution in [0.25, 0.3) is 0 Å². The van der Waals surface area contributed by atoms with E-state index in [1.165, 1.54) is 0 Å². The Bertz CT molecular complexity index is 108. The Kier molecular flexibility index (Phi) is 71.8. The Labute approximate surface area is 164 Å². The monoisotopic (exact) mass is 430 g/mol. The first kappa shape index (κ1) is 36.2. The minimum atomic E-state index is -0.117. The smallest absolute Gasteiger partial charge is 0.853 e. The van der Waals surface area contributed by atoms with Crippen LogP contribution in [0, 0.1) is 0 Å². The van der Waals surface area contributed by atoms with E-state index < -0.39 is 0 Å². The van der Waals surface area contributed by atoms with Crippen molar-refractivity contribution in [3.05, 3.63) is 0 Å². The van der Waals surface area contributed by atoms with Crippen molar-refractivity contribution in [2.75, 3.05) is 79.3 Å². The van der Waals surface area contributed by atoms with Gasteiger partial charge in [-0.2, -0.15) is 0 Å². The van der Waals surface area contributed by atoms with Gasteiger partial charge in [-0.25, -0.2) is 0 Å². The first-order valence-corrected chi connectivity index (χ1v) is 8.29. The summed E-state index contributed by atoms with van der Waals surface area (Å²) in [6, 6.07) is 0. The first-order valence-electron chi connectivity index (χ1n) is 8.29. The molecule has 0 aromatic heterocycles. The van der Waals surface area contributed by atoms with Crippen LogP contribution >= 0.6 is 0 Å². The summed E-state index contributed by atoms with van der Waals surface area (Å²) in [6.07, 6.45) is 0. The molecule has 0 saturated heterocycles. The molecule has 0 spiro atoms. The molecule has 0 bridgehead atoms. The third-order valence-electron chi connectivity index (χ3n) is 1.73. The van der Waals surface area contributed by atoms with Gasteiger partial charge in [-0.1, -0.05) is 0 Å². The molecule has 0 atom stereocenters. The number of ether oxygens (including phenoxy) is 4. The second-order valence-electron chi connectivity index (χ2n) is 3.60. The van der Waals surface area contributed by atoms with Crippen molar-refractivity contribution in [3.8, 4) is 0 Å². The maximum Gasteiger partial charge on any atom is 4.00 e. The van der Waals surface area contributed by atoms with Gasteiger partial charge >= 0.3 is 17.6 Å². The molecule has 0 aliphatic carbocycles.